The van der Waals surface area contributed by atoms with E-state index in [2.05, 4.69) is 31.4 Å². The molecule has 2 heterocycles. The lowest BCUT2D eigenvalue weighted by Crippen LogP contribution is -2.43. The second-order valence-electron chi connectivity index (χ2n) is 5.78. The standard InChI is InChI=1S/C17H23N5O3.HI/c1-11-20-16(21-25-11)9-19-17(18-2)22-6-5-12-7-14(23-3)15(24-4)8-13(12)10-22;/h7-8H,5-6,9-10H2,1-4H3,(H,18,19);1H. The molecule has 26 heavy (non-hydrogen) atoms. The molecular weight excluding hydrogens is 449 g/mol. The number of aromatic nitrogens is 2. The predicted molar refractivity (Wildman–Crippen MR) is 108 cm³/mol. The van der Waals surface area contributed by atoms with Gasteiger partial charge in [0.1, 0.15) is 0 Å². The van der Waals surface area contributed by atoms with Crippen molar-refractivity contribution in [2.24, 2.45) is 4.99 Å². The largest absolute Gasteiger partial charge is 0.493 e. The predicted octanol–water partition coefficient (Wildman–Crippen LogP) is 2.15. The zero-order chi connectivity index (χ0) is 17.8. The number of rotatable bonds is 4. The number of hydrogen-bond acceptors (Lipinski definition) is 6. The minimum Gasteiger partial charge on any atom is -0.493 e. The monoisotopic (exact) mass is 473 g/mol. The quantitative estimate of drug-likeness (QED) is 0.414. The molecule has 0 atom stereocenters. The van der Waals surface area contributed by atoms with Crippen molar-refractivity contribution < 1.29 is 14.0 Å². The van der Waals surface area contributed by atoms with Gasteiger partial charge in [-0.25, -0.2) is 0 Å². The lowest BCUT2D eigenvalue weighted by molar-refractivity contribution is 0.345. The molecule has 2 aromatic rings. The maximum atomic E-state index is 5.42. The van der Waals surface area contributed by atoms with E-state index in [0.717, 1.165) is 37.0 Å². The van der Waals surface area contributed by atoms with Gasteiger partial charge < -0.3 is 24.2 Å². The molecule has 1 aliphatic heterocycles. The number of aryl methyl sites for hydroxylation is 1. The lowest BCUT2D eigenvalue weighted by Gasteiger charge is -2.32. The summed E-state index contributed by atoms with van der Waals surface area (Å²) in [5.74, 6) is 3.49. The summed E-state index contributed by atoms with van der Waals surface area (Å²) in [4.78, 5) is 10.8. The van der Waals surface area contributed by atoms with E-state index in [9.17, 15) is 0 Å². The molecule has 8 nitrogen and oxygen atoms in total. The third-order valence-corrected chi connectivity index (χ3v) is 4.20. The van der Waals surface area contributed by atoms with Crippen molar-refractivity contribution in [1.82, 2.24) is 20.4 Å². The minimum absolute atomic E-state index is 0. The molecule has 0 radical (unpaired) electrons. The van der Waals surface area contributed by atoms with Crippen molar-refractivity contribution in [2.75, 3.05) is 27.8 Å². The normalized spacial score (nSPS) is 13.7. The number of nitrogens with one attached hydrogen (secondary N) is 1. The molecule has 0 saturated carbocycles. The molecule has 0 bridgehead atoms. The van der Waals surface area contributed by atoms with E-state index in [1.807, 2.05) is 6.07 Å². The summed E-state index contributed by atoms with van der Waals surface area (Å²) in [6, 6.07) is 4.10. The molecule has 1 aromatic heterocycles. The van der Waals surface area contributed by atoms with Crippen LogP contribution in [0.4, 0.5) is 0 Å². The Morgan fingerprint density at radius 2 is 1.96 bits per heavy atom. The van der Waals surface area contributed by atoms with Gasteiger partial charge in [0.15, 0.2) is 23.3 Å². The maximum absolute atomic E-state index is 5.42. The van der Waals surface area contributed by atoms with Gasteiger partial charge in [-0.15, -0.1) is 24.0 Å². The smallest absolute Gasteiger partial charge is 0.223 e. The van der Waals surface area contributed by atoms with Crippen molar-refractivity contribution >= 4 is 29.9 Å². The van der Waals surface area contributed by atoms with E-state index >= 15 is 0 Å². The van der Waals surface area contributed by atoms with E-state index in [-0.39, 0.29) is 24.0 Å². The Labute approximate surface area is 170 Å². The molecule has 3 rings (SSSR count). The Balaban J connectivity index is 0.00000243. The Morgan fingerprint density at radius 1 is 1.27 bits per heavy atom. The second kappa shape index (κ2) is 9.06. The van der Waals surface area contributed by atoms with E-state index in [1.54, 1.807) is 28.2 Å². The van der Waals surface area contributed by atoms with Crippen LogP contribution in [0.3, 0.4) is 0 Å². The van der Waals surface area contributed by atoms with Crippen molar-refractivity contribution in [1.29, 1.82) is 0 Å². The number of benzene rings is 1. The fourth-order valence-electron chi connectivity index (χ4n) is 2.97. The van der Waals surface area contributed by atoms with Crippen LogP contribution in [0.5, 0.6) is 11.5 Å². The Hall–Kier alpha value is -2.04. The molecule has 0 saturated heterocycles. The van der Waals surface area contributed by atoms with Gasteiger partial charge in [-0.1, -0.05) is 5.16 Å². The van der Waals surface area contributed by atoms with E-state index < -0.39 is 0 Å². The third-order valence-electron chi connectivity index (χ3n) is 4.20. The van der Waals surface area contributed by atoms with Crippen molar-refractivity contribution in [3.63, 3.8) is 0 Å². The van der Waals surface area contributed by atoms with Crippen molar-refractivity contribution in [3.8, 4) is 11.5 Å². The highest BCUT2D eigenvalue weighted by Gasteiger charge is 2.21. The summed E-state index contributed by atoms with van der Waals surface area (Å²) in [5, 5.41) is 7.18. The van der Waals surface area contributed by atoms with Crippen LogP contribution in [0, 0.1) is 6.92 Å². The fraction of sp³-hybridized carbons (Fsp3) is 0.471. The molecule has 1 aliphatic rings. The zero-order valence-corrected chi connectivity index (χ0v) is 17.7. The topological polar surface area (TPSA) is 85.0 Å². The average molecular weight is 473 g/mol. The zero-order valence-electron chi connectivity index (χ0n) is 15.4. The Kier molecular flexibility index (Phi) is 7.06. The summed E-state index contributed by atoms with van der Waals surface area (Å²) in [5.41, 5.74) is 2.49. The van der Waals surface area contributed by atoms with Gasteiger partial charge in [0, 0.05) is 27.1 Å². The van der Waals surface area contributed by atoms with Gasteiger partial charge in [0.05, 0.1) is 20.8 Å². The van der Waals surface area contributed by atoms with Crippen LogP contribution in [-0.4, -0.2) is 48.8 Å². The highest BCUT2D eigenvalue weighted by molar-refractivity contribution is 14.0. The number of methoxy groups -OCH3 is 2. The molecular formula is C17H24IN5O3. The van der Waals surface area contributed by atoms with Gasteiger partial charge in [-0.3, -0.25) is 4.99 Å². The lowest BCUT2D eigenvalue weighted by atomic mass is 9.99. The first-order valence-corrected chi connectivity index (χ1v) is 8.13. The maximum Gasteiger partial charge on any atom is 0.223 e. The SMILES string of the molecule is CN=C(NCc1noc(C)n1)N1CCc2cc(OC)c(OC)cc2C1.I. The second-order valence-corrected chi connectivity index (χ2v) is 5.78. The van der Waals surface area contributed by atoms with E-state index in [4.69, 9.17) is 14.0 Å². The van der Waals surface area contributed by atoms with Crippen LogP contribution in [0.2, 0.25) is 0 Å². The highest BCUT2D eigenvalue weighted by Crippen LogP contribution is 2.33. The van der Waals surface area contributed by atoms with Crippen molar-refractivity contribution in [2.45, 2.75) is 26.4 Å². The average Bonchev–Trinajstić information content (AvgIpc) is 3.06. The number of aliphatic imine (C=N–C) groups is 1. The summed E-state index contributed by atoms with van der Waals surface area (Å²) in [7, 11) is 5.08. The van der Waals surface area contributed by atoms with Crippen LogP contribution < -0.4 is 14.8 Å². The number of guanidine groups is 1. The van der Waals surface area contributed by atoms with Gasteiger partial charge in [0.2, 0.25) is 5.89 Å². The molecule has 1 aromatic carbocycles. The molecule has 0 fully saturated rings. The van der Waals surface area contributed by atoms with Crippen LogP contribution in [0.15, 0.2) is 21.6 Å². The van der Waals surface area contributed by atoms with Crippen LogP contribution in [0.1, 0.15) is 22.8 Å². The number of halogens is 1. The van der Waals surface area contributed by atoms with Gasteiger partial charge in [0.25, 0.3) is 0 Å². The van der Waals surface area contributed by atoms with Crippen LogP contribution >= 0.6 is 24.0 Å². The summed E-state index contributed by atoms with van der Waals surface area (Å²) in [6.45, 7) is 3.86. The fourth-order valence-corrected chi connectivity index (χ4v) is 2.97. The molecule has 0 aliphatic carbocycles. The molecule has 1 N–H and O–H groups in total. The van der Waals surface area contributed by atoms with E-state index in [0.29, 0.717) is 18.3 Å². The summed E-state index contributed by atoms with van der Waals surface area (Å²) >= 11 is 0. The Morgan fingerprint density at radius 3 is 2.54 bits per heavy atom. The van der Waals surface area contributed by atoms with E-state index in [1.165, 1.54) is 11.1 Å². The first-order chi connectivity index (χ1) is 12.1. The van der Waals surface area contributed by atoms with Crippen LogP contribution in [0.25, 0.3) is 0 Å². The Bertz CT molecular complexity index is 778. The molecule has 0 unspecified atom stereocenters. The number of hydrogen-bond donors (Lipinski definition) is 1. The van der Waals surface area contributed by atoms with Gasteiger partial charge in [-0.05, 0) is 29.7 Å². The minimum atomic E-state index is 0. The number of ether oxygens (including phenoxy) is 2. The molecule has 0 amide bonds. The third kappa shape index (κ3) is 4.37. The molecule has 0 spiro atoms. The molecule has 142 valence electrons. The van der Waals surface area contributed by atoms with Gasteiger partial charge >= 0.3 is 0 Å². The van der Waals surface area contributed by atoms with Gasteiger partial charge in [-0.2, -0.15) is 4.98 Å². The summed E-state index contributed by atoms with van der Waals surface area (Å²) < 4.78 is 15.8. The first kappa shape index (κ1) is 20.3. The van der Waals surface area contributed by atoms with Crippen molar-refractivity contribution in [3.05, 3.63) is 35.0 Å². The first-order valence-electron chi connectivity index (χ1n) is 8.13. The van der Waals surface area contributed by atoms with Crippen LogP contribution in [-0.2, 0) is 19.5 Å². The number of fused-ring (bicyclic) bond motifs is 1. The highest BCUT2D eigenvalue weighted by atomic mass is 127. The molecule has 9 heteroatoms. The summed E-state index contributed by atoms with van der Waals surface area (Å²) in [6.07, 6.45) is 0.914. The number of nitrogens with zero attached hydrogens (tertiary/aromatic N) is 4.